The topological polar surface area (TPSA) is 92.3 Å². The van der Waals surface area contributed by atoms with Gasteiger partial charge in [0.25, 0.3) is 0 Å². The van der Waals surface area contributed by atoms with Crippen LogP contribution in [0.25, 0.3) is 0 Å². The molecule has 2 amide bonds. The summed E-state index contributed by atoms with van der Waals surface area (Å²) in [4.78, 5) is 24.7. The molecule has 138 valence electrons. The predicted octanol–water partition coefficient (Wildman–Crippen LogP) is 1.06. The predicted molar refractivity (Wildman–Crippen MR) is 96.8 cm³/mol. The van der Waals surface area contributed by atoms with Crippen LogP contribution >= 0.6 is 0 Å². The number of nitrogens with one attached hydrogen (secondary N) is 2. The Bertz CT molecular complexity index is 714. The van der Waals surface area contributed by atoms with Crippen LogP contribution in [0.4, 0.5) is 0 Å². The van der Waals surface area contributed by atoms with Crippen LogP contribution in [0.2, 0.25) is 0 Å². The summed E-state index contributed by atoms with van der Waals surface area (Å²) in [5.74, 6) is -0.744. The van der Waals surface area contributed by atoms with Crippen molar-refractivity contribution in [2.75, 3.05) is 18.1 Å². The Morgan fingerprint density at radius 3 is 2.44 bits per heavy atom. The van der Waals surface area contributed by atoms with Crippen LogP contribution in [0.1, 0.15) is 32.3 Å². The molecule has 1 saturated heterocycles. The zero-order valence-electron chi connectivity index (χ0n) is 14.7. The van der Waals surface area contributed by atoms with Gasteiger partial charge in [-0.05, 0) is 38.7 Å². The summed E-state index contributed by atoms with van der Waals surface area (Å²) in [6.45, 7) is 3.60. The molecule has 1 heterocycles. The molecule has 0 aromatic heterocycles. The van der Waals surface area contributed by atoms with Crippen LogP contribution in [-0.4, -0.2) is 44.3 Å². The minimum Gasteiger partial charge on any atom is -0.355 e. The largest absolute Gasteiger partial charge is 0.355 e. The Labute approximate surface area is 149 Å². The zero-order valence-corrected chi connectivity index (χ0v) is 15.6. The van der Waals surface area contributed by atoms with Gasteiger partial charge in [0.15, 0.2) is 9.84 Å². The molecular weight excluding hydrogens is 340 g/mol. The second-order valence-corrected chi connectivity index (χ2v) is 9.27. The Morgan fingerprint density at radius 2 is 1.84 bits per heavy atom. The lowest BCUT2D eigenvalue weighted by Gasteiger charge is -2.24. The van der Waals surface area contributed by atoms with Crippen molar-refractivity contribution in [3.05, 3.63) is 35.9 Å². The summed E-state index contributed by atoms with van der Waals surface area (Å²) >= 11 is 0. The summed E-state index contributed by atoms with van der Waals surface area (Å²) in [6.07, 6.45) is 2.05. The number of aryl methyl sites for hydroxylation is 1. The third-order valence-corrected chi connectivity index (χ3v) is 6.24. The first kappa shape index (κ1) is 19.4. The number of carbonyl (C=O) groups excluding carboxylic acids is 2. The van der Waals surface area contributed by atoms with Crippen molar-refractivity contribution < 1.29 is 18.0 Å². The highest BCUT2D eigenvalue weighted by atomic mass is 32.2. The first-order valence-electron chi connectivity index (χ1n) is 8.54. The molecule has 1 atom stereocenters. The van der Waals surface area contributed by atoms with Gasteiger partial charge in [-0.15, -0.1) is 0 Å². The Hall–Kier alpha value is -1.89. The molecule has 6 nitrogen and oxygen atoms in total. The van der Waals surface area contributed by atoms with Gasteiger partial charge in [-0.1, -0.05) is 30.3 Å². The van der Waals surface area contributed by atoms with Crippen LogP contribution in [0.3, 0.4) is 0 Å². The van der Waals surface area contributed by atoms with Crippen molar-refractivity contribution in [2.45, 2.75) is 39.2 Å². The molecule has 0 radical (unpaired) electrons. The molecule has 7 heteroatoms. The van der Waals surface area contributed by atoms with Crippen molar-refractivity contribution in [3.8, 4) is 0 Å². The first-order chi connectivity index (χ1) is 11.7. The lowest BCUT2D eigenvalue weighted by Crippen LogP contribution is -2.51. The van der Waals surface area contributed by atoms with E-state index in [0.29, 0.717) is 13.0 Å². The minimum absolute atomic E-state index is 0.0481. The molecule has 2 N–H and O–H groups in total. The molecular formula is C18H26N2O4S. The number of sulfone groups is 1. The van der Waals surface area contributed by atoms with E-state index in [1.165, 1.54) is 5.56 Å². The van der Waals surface area contributed by atoms with Crippen LogP contribution in [0, 0.1) is 5.41 Å². The fourth-order valence-electron chi connectivity index (χ4n) is 2.74. The second-order valence-electron chi connectivity index (χ2n) is 7.04. The smallest absolute Gasteiger partial charge is 0.235 e. The van der Waals surface area contributed by atoms with E-state index in [2.05, 4.69) is 10.6 Å². The number of benzene rings is 1. The van der Waals surface area contributed by atoms with Crippen molar-refractivity contribution in [2.24, 2.45) is 5.41 Å². The lowest BCUT2D eigenvalue weighted by atomic mass is 9.90. The van der Waals surface area contributed by atoms with Gasteiger partial charge < -0.3 is 10.6 Å². The monoisotopic (exact) mass is 366 g/mol. The van der Waals surface area contributed by atoms with E-state index in [9.17, 15) is 18.0 Å². The highest BCUT2D eigenvalue weighted by Gasteiger charge is 2.38. The van der Waals surface area contributed by atoms with E-state index < -0.39 is 27.2 Å². The highest BCUT2D eigenvalue weighted by Crippen LogP contribution is 2.18. The maximum absolute atomic E-state index is 12.4. The van der Waals surface area contributed by atoms with Gasteiger partial charge in [-0.2, -0.15) is 0 Å². The standard InChI is InChI=1S/C18H26N2O4S/c1-18(2,17(22)20-15-10-12-25(23,24)13-15)16(21)19-11-6-9-14-7-4-3-5-8-14/h3-5,7-8,15H,6,9-13H2,1-2H3,(H,19,21)(H,20,22). The van der Waals surface area contributed by atoms with E-state index in [1.54, 1.807) is 13.8 Å². The van der Waals surface area contributed by atoms with E-state index in [1.807, 2.05) is 30.3 Å². The quantitative estimate of drug-likeness (QED) is 0.558. The normalized spacial score (nSPS) is 19.4. The Balaban J connectivity index is 1.77. The molecule has 1 aliphatic heterocycles. The van der Waals surface area contributed by atoms with E-state index in [4.69, 9.17) is 0 Å². The summed E-state index contributed by atoms with van der Waals surface area (Å²) in [7, 11) is -3.07. The Morgan fingerprint density at radius 1 is 1.16 bits per heavy atom. The molecule has 1 unspecified atom stereocenters. The van der Waals surface area contributed by atoms with Crippen LogP contribution in [-0.2, 0) is 25.8 Å². The molecule has 1 fully saturated rings. The molecule has 0 aliphatic carbocycles. The fourth-order valence-corrected chi connectivity index (χ4v) is 4.41. The van der Waals surface area contributed by atoms with Crippen LogP contribution < -0.4 is 10.6 Å². The lowest BCUT2D eigenvalue weighted by molar-refractivity contribution is -0.141. The van der Waals surface area contributed by atoms with E-state index in [-0.39, 0.29) is 17.4 Å². The molecule has 0 saturated carbocycles. The Kier molecular flexibility index (Phi) is 6.21. The average Bonchev–Trinajstić information content (AvgIpc) is 2.90. The SMILES string of the molecule is CC(C)(C(=O)NCCCc1ccccc1)C(=O)NC1CCS(=O)(=O)C1. The van der Waals surface area contributed by atoms with Gasteiger partial charge in [0.05, 0.1) is 11.5 Å². The van der Waals surface area contributed by atoms with Crippen molar-refractivity contribution in [3.63, 3.8) is 0 Å². The number of amides is 2. The van der Waals surface area contributed by atoms with E-state index >= 15 is 0 Å². The zero-order chi connectivity index (χ0) is 18.5. The molecule has 2 rings (SSSR count). The van der Waals surface area contributed by atoms with Gasteiger partial charge in [0.2, 0.25) is 11.8 Å². The van der Waals surface area contributed by atoms with Gasteiger partial charge in [-0.3, -0.25) is 9.59 Å². The minimum atomic E-state index is -3.07. The molecule has 1 aromatic carbocycles. The van der Waals surface area contributed by atoms with Crippen LogP contribution in [0.5, 0.6) is 0 Å². The number of hydrogen-bond donors (Lipinski definition) is 2. The van der Waals surface area contributed by atoms with Crippen molar-refractivity contribution in [1.82, 2.24) is 10.6 Å². The maximum atomic E-state index is 12.4. The summed E-state index contributed by atoms with van der Waals surface area (Å²) in [5, 5.41) is 5.49. The number of rotatable bonds is 7. The third-order valence-electron chi connectivity index (χ3n) is 4.47. The fraction of sp³-hybridized carbons (Fsp3) is 0.556. The average molecular weight is 366 g/mol. The van der Waals surface area contributed by atoms with Gasteiger partial charge in [-0.25, -0.2) is 8.42 Å². The summed E-state index contributed by atoms with van der Waals surface area (Å²) < 4.78 is 22.9. The van der Waals surface area contributed by atoms with E-state index in [0.717, 1.165) is 12.8 Å². The highest BCUT2D eigenvalue weighted by molar-refractivity contribution is 7.91. The van der Waals surface area contributed by atoms with Gasteiger partial charge in [0, 0.05) is 12.6 Å². The molecule has 0 spiro atoms. The molecule has 1 aromatic rings. The van der Waals surface area contributed by atoms with Crippen LogP contribution in [0.15, 0.2) is 30.3 Å². The summed E-state index contributed by atoms with van der Waals surface area (Å²) in [6, 6.07) is 9.59. The van der Waals surface area contributed by atoms with Gasteiger partial charge in [0.1, 0.15) is 5.41 Å². The third kappa shape index (κ3) is 5.56. The number of hydrogen-bond acceptors (Lipinski definition) is 4. The summed E-state index contributed by atoms with van der Waals surface area (Å²) in [5.41, 5.74) is -0.0322. The van der Waals surface area contributed by atoms with Gasteiger partial charge >= 0.3 is 0 Å². The molecule has 1 aliphatic rings. The van der Waals surface area contributed by atoms with Crippen molar-refractivity contribution >= 4 is 21.7 Å². The maximum Gasteiger partial charge on any atom is 0.235 e. The van der Waals surface area contributed by atoms with Crippen molar-refractivity contribution in [1.29, 1.82) is 0 Å². The second kappa shape index (κ2) is 7.99. The first-order valence-corrected chi connectivity index (χ1v) is 10.4. The molecule has 25 heavy (non-hydrogen) atoms. The molecule has 0 bridgehead atoms. The number of carbonyl (C=O) groups is 2.